The first-order chi connectivity index (χ1) is 8.51. The van der Waals surface area contributed by atoms with Gasteiger partial charge in [0.1, 0.15) is 5.75 Å². The zero-order chi connectivity index (χ0) is 13.2. The highest BCUT2D eigenvalue weighted by molar-refractivity contribution is 5.27. The zero-order valence-electron chi connectivity index (χ0n) is 11.5. The molecular formula is C15H23NO2. The van der Waals surface area contributed by atoms with Gasteiger partial charge in [-0.2, -0.15) is 0 Å². The minimum Gasteiger partial charge on any atom is -0.494 e. The fraction of sp³-hybridized carbons (Fsp3) is 0.600. The molecule has 1 fully saturated rings. The summed E-state index contributed by atoms with van der Waals surface area (Å²) in [5, 5.41) is 9.77. The lowest BCUT2D eigenvalue weighted by molar-refractivity contribution is 0.156. The Labute approximate surface area is 109 Å². The minimum atomic E-state index is -0.192. The molecule has 100 valence electrons. The van der Waals surface area contributed by atoms with Gasteiger partial charge in [-0.25, -0.2) is 0 Å². The number of likely N-dealkylation sites (tertiary alicyclic amines) is 1. The summed E-state index contributed by atoms with van der Waals surface area (Å²) in [5.74, 6) is 0.918. The molecule has 2 rings (SSSR count). The van der Waals surface area contributed by atoms with Crippen LogP contribution in [-0.4, -0.2) is 34.8 Å². The van der Waals surface area contributed by atoms with Gasteiger partial charge >= 0.3 is 0 Å². The number of rotatable bonds is 4. The molecule has 0 radical (unpaired) electrons. The van der Waals surface area contributed by atoms with Crippen molar-refractivity contribution in [1.82, 2.24) is 4.90 Å². The van der Waals surface area contributed by atoms with E-state index >= 15 is 0 Å². The average Bonchev–Trinajstić information content (AvgIpc) is 2.55. The fourth-order valence-electron chi connectivity index (χ4n) is 2.63. The molecule has 0 aliphatic carbocycles. The number of aliphatic hydroxyl groups is 1. The monoisotopic (exact) mass is 249 g/mol. The van der Waals surface area contributed by atoms with Gasteiger partial charge in [0.15, 0.2) is 0 Å². The van der Waals surface area contributed by atoms with E-state index in [4.69, 9.17) is 4.74 Å². The number of aliphatic hydroxyl groups excluding tert-OH is 1. The summed E-state index contributed by atoms with van der Waals surface area (Å²) in [7, 11) is 0. The molecule has 0 amide bonds. The van der Waals surface area contributed by atoms with Gasteiger partial charge in [-0.15, -0.1) is 0 Å². The Morgan fingerprint density at radius 1 is 1.33 bits per heavy atom. The van der Waals surface area contributed by atoms with Crippen LogP contribution in [0.2, 0.25) is 0 Å². The van der Waals surface area contributed by atoms with Gasteiger partial charge in [-0.3, -0.25) is 4.90 Å². The number of hydrogen-bond acceptors (Lipinski definition) is 3. The molecule has 1 atom stereocenters. The molecule has 1 heterocycles. The van der Waals surface area contributed by atoms with Crippen molar-refractivity contribution in [1.29, 1.82) is 0 Å². The third-order valence-electron chi connectivity index (χ3n) is 3.63. The van der Waals surface area contributed by atoms with Crippen molar-refractivity contribution in [2.24, 2.45) is 0 Å². The maximum Gasteiger partial charge on any atom is 0.119 e. The Bertz CT molecular complexity index is 386. The largest absolute Gasteiger partial charge is 0.494 e. The van der Waals surface area contributed by atoms with Crippen LogP contribution < -0.4 is 4.74 Å². The van der Waals surface area contributed by atoms with Crippen LogP contribution in [-0.2, 0) is 6.54 Å². The Kier molecular flexibility index (Phi) is 3.93. The molecule has 3 nitrogen and oxygen atoms in total. The van der Waals surface area contributed by atoms with Crippen molar-refractivity contribution in [3.8, 4) is 5.75 Å². The maximum absolute atomic E-state index is 9.77. The van der Waals surface area contributed by atoms with Gasteiger partial charge in [0.05, 0.1) is 12.7 Å². The van der Waals surface area contributed by atoms with Crippen LogP contribution >= 0.6 is 0 Å². The van der Waals surface area contributed by atoms with Gasteiger partial charge in [0.25, 0.3) is 0 Å². The molecule has 0 aromatic heterocycles. The third kappa shape index (κ3) is 3.03. The highest BCUT2D eigenvalue weighted by atomic mass is 16.5. The number of benzene rings is 1. The molecule has 1 saturated heterocycles. The summed E-state index contributed by atoms with van der Waals surface area (Å²) < 4.78 is 5.44. The number of β-amino-alcohol motifs (C(OH)–C–C–N with tert-alkyl or cyclic N) is 1. The predicted octanol–water partition coefficient (Wildman–Crippen LogP) is 2.43. The standard InChI is InChI=1S/C15H23NO2/c1-4-18-14-7-5-12(6-8-14)10-16-11-13(17)9-15(16,2)3/h5-8,13,17H,4,9-11H2,1-3H3. The zero-order valence-corrected chi connectivity index (χ0v) is 11.5. The van der Waals surface area contributed by atoms with Crippen molar-refractivity contribution < 1.29 is 9.84 Å². The minimum absolute atomic E-state index is 0.0814. The topological polar surface area (TPSA) is 32.7 Å². The van der Waals surface area contributed by atoms with Crippen molar-refractivity contribution in [2.45, 2.75) is 45.4 Å². The van der Waals surface area contributed by atoms with Crippen LogP contribution in [0, 0.1) is 0 Å². The van der Waals surface area contributed by atoms with Crippen molar-refractivity contribution in [3.05, 3.63) is 29.8 Å². The molecule has 1 unspecified atom stereocenters. The molecule has 1 N–H and O–H groups in total. The molecule has 1 aliphatic heterocycles. The van der Waals surface area contributed by atoms with E-state index < -0.39 is 0 Å². The van der Waals surface area contributed by atoms with E-state index in [0.29, 0.717) is 6.61 Å². The average molecular weight is 249 g/mol. The number of nitrogens with zero attached hydrogens (tertiary/aromatic N) is 1. The highest BCUT2D eigenvalue weighted by Crippen LogP contribution is 2.30. The summed E-state index contributed by atoms with van der Waals surface area (Å²) in [4.78, 5) is 2.34. The quantitative estimate of drug-likeness (QED) is 0.889. The van der Waals surface area contributed by atoms with Crippen molar-refractivity contribution in [3.63, 3.8) is 0 Å². The van der Waals surface area contributed by atoms with Gasteiger partial charge < -0.3 is 9.84 Å². The van der Waals surface area contributed by atoms with Crippen LogP contribution in [0.4, 0.5) is 0 Å². The van der Waals surface area contributed by atoms with E-state index in [9.17, 15) is 5.11 Å². The van der Waals surface area contributed by atoms with Crippen LogP contribution in [0.25, 0.3) is 0 Å². The number of ether oxygens (including phenoxy) is 1. The van der Waals surface area contributed by atoms with Crippen LogP contribution in [0.5, 0.6) is 5.75 Å². The second-order valence-electron chi connectivity index (χ2n) is 5.63. The molecule has 1 aliphatic rings. The van der Waals surface area contributed by atoms with Crippen molar-refractivity contribution in [2.75, 3.05) is 13.2 Å². The maximum atomic E-state index is 9.77. The first-order valence-electron chi connectivity index (χ1n) is 6.66. The molecule has 0 spiro atoms. The van der Waals surface area contributed by atoms with Crippen LogP contribution in [0.3, 0.4) is 0 Å². The Hall–Kier alpha value is -1.06. The summed E-state index contributed by atoms with van der Waals surface area (Å²) in [6.45, 7) is 8.72. The third-order valence-corrected chi connectivity index (χ3v) is 3.63. The highest BCUT2D eigenvalue weighted by Gasteiger charge is 2.37. The van der Waals surface area contributed by atoms with Gasteiger partial charge in [-0.05, 0) is 44.9 Å². The Morgan fingerprint density at radius 3 is 2.50 bits per heavy atom. The molecule has 1 aromatic carbocycles. The van der Waals surface area contributed by atoms with E-state index in [1.165, 1.54) is 5.56 Å². The summed E-state index contributed by atoms with van der Waals surface area (Å²) >= 11 is 0. The Morgan fingerprint density at radius 2 is 2.00 bits per heavy atom. The van der Waals surface area contributed by atoms with Crippen LogP contribution in [0.15, 0.2) is 24.3 Å². The normalized spacial score (nSPS) is 23.2. The lowest BCUT2D eigenvalue weighted by Crippen LogP contribution is -2.37. The summed E-state index contributed by atoms with van der Waals surface area (Å²) in [6.07, 6.45) is 0.659. The molecule has 0 saturated carbocycles. The van der Waals surface area contributed by atoms with Gasteiger partial charge in [-0.1, -0.05) is 12.1 Å². The summed E-state index contributed by atoms with van der Waals surface area (Å²) in [5.41, 5.74) is 1.35. The van der Waals surface area contributed by atoms with E-state index in [1.807, 2.05) is 19.1 Å². The van der Waals surface area contributed by atoms with Gasteiger partial charge in [0, 0.05) is 18.6 Å². The fourth-order valence-corrected chi connectivity index (χ4v) is 2.63. The van der Waals surface area contributed by atoms with Crippen molar-refractivity contribution >= 4 is 0 Å². The smallest absolute Gasteiger partial charge is 0.119 e. The van der Waals surface area contributed by atoms with E-state index in [1.54, 1.807) is 0 Å². The van der Waals surface area contributed by atoms with E-state index in [0.717, 1.165) is 25.3 Å². The first-order valence-corrected chi connectivity index (χ1v) is 6.66. The van der Waals surface area contributed by atoms with E-state index in [-0.39, 0.29) is 11.6 Å². The second kappa shape index (κ2) is 5.29. The van der Waals surface area contributed by atoms with Crippen LogP contribution in [0.1, 0.15) is 32.8 Å². The summed E-state index contributed by atoms with van der Waals surface area (Å²) in [6, 6.07) is 8.23. The first kappa shape index (κ1) is 13.4. The lowest BCUT2D eigenvalue weighted by Gasteiger charge is -2.31. The lowest BCUT2D eigenvalue weighted by atomic mass is 10.0. The number of hydrogen-bond donors (Lipinski definition) is 1. The molecule has 0 bridgehead atoms. The van der Waals surface area contributed by atoms with Gasteiger partial charge in [0.2, 0.25) is 0 Å². The molecular weight excluding hydrogens is 226 g/mol. The predicted molar refractivity (Wildman–Crippen MR) is 72.7 cm³/mol. The molecule has 1 aromatic rings. The SMILES string of the molecule is CCOc1ccc(CN2CC(O)CC2(C)C)cc1. The molecule has 18 heavy (non-hydrogen) atoms. The second-order valence-corrected chi connectivity index (χ2v) is 5.63. The van der Waals surface area contributed by atoms with E-state index in [2.05, 4.69) is 30.9 Å². The Balaban J connectivity index is 2.01. The molecule has 3 heteroatoms.